The molecule has 0 heterocycles. The van der Waals surface area contributed by atoms with E-state index in [0.29, 0.717) is 11.3 Å². The van der Waals surface area contributed by atoms with Gasteiger partial charge in [0.1, 0.15) is 17.4 Å². The third-order valence-electron chi connectivity index (χ3n) is 2.99. The number of rotatable bonds is 4. The van der Waals surface area contributed by atoms with E-state index in [2.05, 4.69) is 0 Å². The van der Waals surface area contributed by atoms with Crippen molar-refractivity contribution >= 4 is 0 Å². The van der Waals surface area contributed by atoms with Crippen LogP contribution in [0.1, 0.15) is 17.2 Å². The van der Waals surface area contributed by atoms with Gasteiger partial charge < -0.3 is 10.5 Å². The quantitative estimate of drug-likeness (QED) is 0.919. The fourth-order valence-corrected chi connectivity index (χ4v) is 2.01. The molecule has 2 N–H and O–H groups in total. The summed E-state index contributed by atoms with van der Waals surface area (Å²) >= 11 is 0. The van der Waals surface area contributed by atoms with Gasteiger partial charge in [-0.3, -0.25) is 0 Å². The summed E-state index contributed by atoms with van der Waals surface area (Å²) < 4.78 is 31.6. The molecule has 100 valence electrons. The number of benzene rings is 2. The first-order valence-corrected chi connectivity index (χ1v) is 5.94. The highest BCUT2D eigenvalue weighted by Gasteiger charge is 2.14. The van der Waals surface area contributed by atoms with Crippen molar-refractivity contribution in [1.29, 1.82) is 0 Å². The second kappa shape index (κ2) is 5.80. The van der Waals surface area contributed by atoms with Crippen LogP contribution in [0.5, 0.6) is 5.75 Å². The van der Waals surface area contributed by atoms with Crippen LogP contribution >= 0.6 is 0 Å². The molecule has 0 saturated heterocycles. The van der Waals surface area contributed by atoms with Crippen LogP contribution in [0, 0.1) is 11.6 Å². The average Bonchev–Trinajstić information content (AvgIpc) is 2.41. The van der Waals surface area contributed by atoms with Crippen LogP contribution < -0.4 is 10.5 Å². The summed E-state index contributed by atoms with van der Waals surface area (Å²) in [6, 6.07) is 10.4. The monoisotopic (exact) mass is 263 g/mol. The van der Waals surface area contributed by atoms with E-state index in [0.717, 1.165) is 11.6 Å². The van der Waals surface area contributed by atoms with Crippen LogP contribution in [0.3, 0.4) is 0 Å². The molecule has 0 fully saturated rings. The van der Waals surface area contributed by atoms with Crippen LogP contribution in [-0.2, 0) is 6.42 Å². The molecule has 19 heavy (non-hydrogen) atoms. The summed E-state index contributed by atoms with van der Waals surface area (Å²) in [5.41, 5.74) is 7.26. The molecule has 1 atom stereocenters. The number of halogens is 2. The SMILES string of the molecule is COc1ccccc1C(N)Cc1ccc(F)cc1F. The highest BCUT2D eigenvalue weighted by atomic mass is 19.1. The zero-order chi connectivity index (χ0) is 13.8. The Morgan fingerprint density at radius 3 is 2.58 bits per heavy atom. The predicted octanol–water partition coefficient (Wildman–Crippen LogP) is 3.22. The van der Waals surface area contributed by atoms with E-state index in [1.54, 1.807) is 13.2 Å². The molecule has 2 aromatic rings. The highest BCUT2D eigenvalue weighted by molar-refractivity contribution is 5.36. The van der Waals surface area contributed by atoms with Gasteiger partial charge in [0.15, 0.2) is 0 Å². The standard InChI is InChI=1S/C15H15F2NO/c1-19-15-5-3-2-4-12(15)14(18)8-10-6-7-11(16)9-13(10)17/h2-7,9,14H,8,18H2,1H3. The number of methoxy groups -OCH3 is 1. The number of para-hydroxylation sites is 1. The lowest BCUT2D eigenvalue weighted by Crippen LogP contribution is -2.15. The first-order chi connectivity index (χ1) is 9.11. The van der Waals surface area contributed by atoms with Gasteiger partial charge in [-0.15, -0.1) is 0 Å². The molecule has 0 saturated carbocycles. The van der Waals surface area contributed by atoms with Gasteiger partial charge in [0.25, 0.3) is 0 Å². The van der Waals surface area contributed by atoms with Crippen molar-refractivity contribution in [3.05, 3.63) is 65.2 Å². The zero-order valence-electron chi connectivity index (χ0n) is 10.6. The summed E-state index contributed by atoms with van der Waals surface area (Å²) in [5, 5.41) is 0. The van der Waals surface area contributed by atoms with E-state index >= 15 is 0 Å². The minimum Gasteiger partial charge on any atom is -0.496 e. The second-order valence-corrected chi connectivity index (χ2v) is 4.29. The first kappa shape index (κ1) is 13.5. The summed E-state index contributed by atoms with van der Waals surface area (Å²) in [6.45, 7) is 0. The molecule has 0 aliphatic rings. The van der Waals surface area contributed by atoms with Gasteiger partial charge in [-0.2, -0.15) is 0 Å². The summed E-state index contributed by atoms with van der Waals surface area (Å²) in [5.74, 6) is -0.505. The van der Waals surface area contributed by atoms with E-state index in [-0.39, 0.29) is 6.42 Å². The third-order valence-corrected chi connectivity index (χ3v) is 2.99. The maximum atomic E-state index is 13.6. The first-order valence-electron chi connectivity index (χ1n) is 5.94. The molecule has 2 rings (SSSR count). The lowest BCUT2D eigenvalue weighted by Gasteiger charge is -2.16. The Morgan fingerprint density at radius 2 is 1.89 bits per heavy atom. The molecule has 0 spiro atoms. The number of nitrogens with two attached hydrogens (primary N) is 1. The fraction of sp³-hybridized carbons (Fsp3) is 0.200. The van der Waals surface area contributed by atoms with Gasteiger partial charge in [0.05, 0.1) is 7.11 Å². The van der Waals surface area contributed by atoms with Gasteiger partial charge >= 0.3 is 0 Å². The Bertz CT molecular complexity index is 572. The predicted molar refractivity (Wildman–Crippen MR) is 70.0 cm³/mol. The van der Waals surface area contributed by atoms with E-state index in [4.69, 9.17) is 10.5 Å². The largest absolute Gasteiger partial charge is 0.496 e. The molecule has 0 amide bonds. The minimum absolute atomic E-state index is 0.284. The van der Waals surface area contributed by atoms with Crippen molar-refractivity contribution in [2.75, 3.05) is 7.11 Å². The molecule has 1 unspecified atom stereocenters. The third kappa shape index (κ3) is 3.09. The Kier molecular flexibility index (Phi) is 4.12. The zero-order valence-corrected chi connectivity index (χ0v) is 10.6. The van der Waals surface area contributed by atoms with Crippen molar-refractivity contribution in [3.8, 4) is 5.75 Å². The molecular formula is C15H15F2NO. The van der Waals surface area contributed by atoms with E-state index in [1.165, 1.54) is 12.1 Å². The molecule has 0 aromatic heterocycles. The second-order valence-electron chi connectivity index (χ2n) is 4.29. The lowest BCUT2D eigenvalue weighted by molar-refractivity contribution is 0.405. The summed E-state index contributed by atoms with van der Waals surface area (Å²) in [7, 11) is 1.56. The summed E-state index contributed by atoms with van der Waals surface area (Å²) in [6.07, 6.45) is 0.284. The van der Waals surface area contributed by atoms with E-state index in [9.17, 15) is 8.78 Å². The maximum absolute atomic E-state index is 13.6. The van der Waals surface area contributed by atoms with Gasteiger partial charge in [-0.05, 0) is 24.1 Å². The van der Waals surface area contributed by atoms with Crippen molar-refractivity contribution in [1.82, 2.24) is 0 Å². The van der Waals surface area contributed by atoms with Crippen molar-refractivity contribution < 1.29 is 13.5 Å². The van der Waals surface area contributed by atoms with Crippen LogP contribution in [0.25, 0.3) is 0 Å². The summed E-state index contributed by atoms with van der Waals surface area (Å²) in [4.78, 5) is 0. The molecule has 4 heteroatoms. The smallest absolute Gasteiger partial charge is 0.129 e. The van der Waals surface area contributed by atoms with Crippen molar-refractivity contribution in [3.63, 3.8) is 0 Å². The van der Waals surface area contributed by atoms with E-state index < -0.39 is 17.7 Å². The van der Waals surface area contributed by atoms with Crippen LogP contribution in [0.15, 0.2) is 42.5 Å². The van der Waals surface area contributed by atoms with Gasteiger partial charge in [0.2, 0.25) is 0 Å². The minimum atomic E-state index is -0.591. The van der Waals surface area contributed by atoms with Crippen LogP contribution in [0.4, 0.5) is 8.78 Å². The van der Waals surface area contributed by atoms with Crippen molar-refractivity contribution in [2.45, 2.75) is 12.5 Å². The average molecular weight is 263 g/mol. The molecule has 0 radical (unpaired) electrons. The normalized spacial score (nSPS) is 12.2. The Balaban J connectivity index is 2.23. The van der Waals surface area contributed by atoms with Gasteiger partial charge in [-0.1, -0.05) is 24.3 Å². The highest BCUT2D eigenvalue weighted by Crippen LogP contribution is 2.26. The van der Waals surface area contributed by atoms with Crippen LogP contribution in [-0.4, -0.2) is 7.11 Å². The van der Waals surface area contributed by atoms with Crippen LogP contribution in [0.2, 0.25) is 0 Å². The van der Waals surface area contributed by atoms with Crippen molar-refractivity contribution in [2.24, 2.45) is 5.73 Å². The lowest BCUT2D eigenvalue weighted by atomic mass is 9.98. The van der Waals surface area contributed by atoms with Gasteiger partial charge in [-0.25, -0.2) is 8.78 Å². The topological polar surface area (TPSA) is 35.2 Å². The maximum Gasteiger partial charge on any atom is 0.129 e. The fourth-order valence-electron chi connectivity index (χ4n) is 2.01. The molecular weight excluding hydrogens is 248 g/mol. The number of hydrogen-bond donors (Lipinski definition) is 1. The molecule has 0 aliphatic carbocycles. The van der Waals surface area contributed by atoms with Gasteiger partial charge in [0, 0.05) is 17.7 Å². The Labute approximate surface area is 110 Å². The molecule has 0 bridgehead atoms. The number of hydrogen-bond acceptors (Lipinski definition) is 2. The van der Waals surface area contributed by atoms with E-state index in [1.807, 2.05) is 18.2 Å². The molecule has 2 nitrogen and oxygen atoms in total. The number of ether oxygens (including phenoxy) is 1. The Hall–Kier alpha value is -1.94. The molecule has 0 aliphatic heterocycles. The Morgan fingerprint density at radius 1 is 1.16 bits per heavy atom. The molecule has 2 aromatic carbocycles.